The minimum Gasteiger partial charge on any atom is -0.355 e. The predicted molar refractivity (Wildman–Crippen MR) is 86.2 cm³/mol. The van der Waals surface area contributed by atoms with Gasteiger partial charge >= 0.3 is 0 Å². The molecule has 1 heterocycles. The van der Waals surface area contributed by atoms with Crippen LogP contribution in [0.3, 0.4) is 0 Å². The van der Waals surface area contributed by atoms with Crippen molar-refractivity contribution in [1.82, 2.24) is 9.62 Å². The van der Waals surface area contributed by atoms with E-state index in [0.717, 1.165) is 22.1 Å². The third kappa shape index (κ3) is 5.94. The molecule has 0 aliphatic heterocycles. The Morgan fingerprint density at radius 3 is 2.48 bits per heavy atom. The number of sulfonamides is 1. The number of rotatable bonds is 6. The molecule has 0 aliphatic rings. The highest BCUT2D eigenvalue weighted by Gasteiger charge is 2.24. The van der Waals surface area contributed by atoms with Gasteiger partial charge in [0.05, 0.1) is 10.9 Å². The van der Waals surface area contributed by atoms with Crippen LogP contribution in [0, 0.1) is 5.41 Å². The van der Waals surface area contributed by atoms with Crippen molar-refractivity contribution in [3.8, 4) is 0 Å². The number of nitrogens with zero attached hydrogens (tertiary/aromatic N) is 1. The standard InChI is InChI=1S/C13H21ClN2O3S2/c1-13(2,3)7-8-15-11(17)9-16(4)21(18,19)12-6-5-10(14)20-12/h5-6H,7-9H2,1-4H3,(H,15,17). The van der Waals surface area contributed by atoms with E-state index in [1.165, 1.54) is 19.2 Å². The van der Waals surface area contributed by atoms with Crippen molar-refractivity contribution in [1.29, 1.82) is 0 Å². The van der Waals surface area contributed by atoms with Crippen molar-refractivity contribution in [3.63, 3.8) is 0 Å². The van der Waals surface area contributed by atoms with Gasteiger partial charge < -0.3 is 5.32 Å². The molecule has 0 bridgehead atoms. The maximum atomic E-state index is 12.2. The Morgan fingerprint density at radius 1 is 1.38 bits per heavy atom. The molecule has 0 saturated carbocycles. The molecule has 0 spiro atoms. The molecular formula is C13H21ClN2O3S2. The van der Waals surface area contributed by atoms with E-state index in [1.54, 1.807) is 0 Å². The summed E-state index contributed by atoms with van der Waals surface area (Å²) in [6.07, 6.45) is 0.829. The largest absolute Gasteiger partial charge is 0.355 e. The van der Waals surface area contributed by atoms with Crippen molar-refractivity contribution in [2.45, 2.75) is 31.4 Å². The Kier molecular flexibility index (Phi) is 6.22. The molecule has 0 aromatic carbocycles. The zero-order chi connectivity index (χ0) is 16.3. The normalized spacial score (nSPS) is 12.7. The summed E-state index contributed by atoms with van der Waals surface area (Å²) in [7, 11) is -2.28. The topological polar surface area (TPSA) is 66.5 Å². The van der Waals surface area contributed by atoms with E-state index in [9.17, 15) is 13.2 Å². The van der Waals surface area contributed by atoms with E-state index in [-0.39, 0.29) is 22.1 Å². The lowest BCUT2D eigenvalue weighted by molar-refractivity contribution is -0.121. The number of nitrogens with one attached hydrogen (secondary N) is 1. The minimum atomic E-state index is -3.66. The van der Waals surface area contributed by atoms with Crippen LogP contribution in [0.1, 0.15) is 27.2 Å². The zero-order valence-corrected chi connectivity index (χ0v) is 15.0. The van der Waals surface area contributed by atoms with Crippen LogP contribution in [-0.4, -0.2) is 38.8 Å². The SMILES string of the molecule is CN(CC(=O)NCCC(C)(C)C)S(=O)(=O)c1ccc(Cl)s1. The average molecular weight is 353 g/mol. The number of halogens is 1. The summed E-state index contributed by atoms with van der Waals surface area (Å²) in [5, 5.41) is 2.73. The molecule has 1 amide bonds. The Labute approximate surface area is 135 Å². The van der Waals surface area contributed by atoms with Crippen molar-refractivity contribution >= 4 is 38.9 Å². The summed E-state index contributed by atoms with van der Waals surface area (Å²) in [6.45, 7) is 6.56. The first-order valence-corrected chi connectivity index (χ1v) is 9.14. The number of hydrogen-bond donors (Lipinski definition) is 1. The van der Waals surface area contributed by atoms with Gasteiger partial charge in [-0.15, -0.1) is 11.3 Å². The quantitative estimate of drug-likeness (QED) is 0.855. The fourth-order valence-corrected chi connectivity index (χ4v) is 4.33. The van der Waals surface area contributed by atoms with Gasteiger partial charge in [0.1, 0.15) is 4.21 Å². The summed E-state index contributed by atoms with van der Waals surface area (Å²) in [6, 6.07) is 2.96. The number of carbonyl (C=O) groups is 1. The van der Waals surface area contributed by atoms with Crippen LogP contribution in [0.4, 0.5) is 0 Å². The summed E-state index contributed by atoms with van der Waals surface area (Å²) in [5.41, 5.74) is 0.124. The third-order valence-corrected chi connectivity index (χ3v) is 6.28. The molecule has 21 heavy (non-hydrogen) atoms. The van der Waals surface area contributed by atoms with Crippen LogP contribution < -0.4 is 5.32 Å². The highest BCUT2D eigenvalue weighted by Crippen LogP contribution is 2.27. The van der Waals surface area contributed by atoms with Gasteiger partial charge in [-0.1, -0.05) is 32.4 Å². The Balaban J connectivity index is 2.56. The first-order valence-electron chi connectivity index (χ1n) is 6.51. The zero-order valence-electron chi connectivity index (χ0n) is 12.6. The number of likely N-dealkylation sites (N-methyl/N-ethyl adjacent to an activating group) is 1. The predicted octanol–water partition coefficient (Wildman–Crippen LogP) is 2.57. The molecule has 0 radical (unpaired) electrons. The second kappa shape index (κ2) is 7.09. The second-order valence-electron chi connectivity index (χ2n) is 5.98. The molecule has 1 aromatic rings. The van der Waals surface area contributed by atoms with Crippen molar-refractivity contribution in [2.24, 2.45) is 5.41 Å². The van der Waals surface area contributed by atoms with E-state index in [4.69, 9.17) is 11.6 Å². The van der Waals surface area contributed by atoms with Gasteiger partial charge in [0.25, 0.3) is 10.0 Å². The molecule has 0 saturated heterocycles. The van der Waals surface area contributed by atoms with E-state index >= 15 is 0 Å². The highest BCUT2D eigenvalue weighted by molar-refractivity contribution is 7.91. The lowest BCUT2D eigenvalue weighted by atomic mass is 9.92. The second-order valence-corrected chi connectivity index (χ2v) is 9.97. The highest BCUT2D eigenvalue weighted by atomic mass is 35.5. The van der Waals surface area contributed by atoms with Crippen LogP contribution in [-0.2, 0) is 14.8 Å². The lowest BCUT2D eigenvalue weighted by Gasteiger charge is -2.19. The molecule has 0 unspecified atom stereocenters. The Bertz CT molecular complexity index is 591. The fraction of sp³-hybridized carbons (Fsp3) is 0.615. The molecule has 120 valence electrons. The van der Waals surface area contributed by atoms with Crippen LogP contribution in [0.5, 0.6) is 0 Å². The maximum absolute atomic E-state index is 12.2. The Hall–Kier alpha value is -0.630. The minimum absolute atomic E-state index is 0.124. The van der Waals surface area contributed by atoms with Gasteiger partial charge in [0.2, 0.25) is 5.91 Å². The van der Waals surface area contributed by atoms with Crippen LogP contribution in [0.2, 0.25) is 4.34 Å². The van der Waals surface area contributed by atoms with E-state index in [1.807, 2.05) is 0 Å². The van der Waals surface area contributed by atoms with Gasteiger partial charge in [0.15, 0.2) is 0 Å². The number of thiophene rings is 1. The molecule has 1 aromatic heterocycles. The van der Waals surface area contributed by atoms with Crippen molar-refractivity contribution in [2.75, 3.05) is 20.1 Å². The summed E-state index contributed by atoms with van der Waals surface area (Å²) >= 11 is 6.72. The van der Waals surface area contributed by atoms with E-state index in [0.29, 0.717) is 10.9 Å². The monoisotopic (exact) mass is 352 g/mol. The average Bonchev–Trinajstić information content (AvgIpc) is 2.74. The smallest absolute Gasteiger partial charge is 0.252 e. The third-order valence-electron chi connectivity index (χ3n) is 2.78. The Morgan fingerprint density at radius 2 is 2.00 bits per heavy atom. The van der Waals surface area contributed by atoms with Crippen LogP contribution >= 0.6 is 22.9 Å². The number of carbonyl (C=O) groups excluding carboxylic acids is 1. The van der Waals surface area contributed by atoms with E-state index < -0.39 is 10.0 Å². The first kappa shape index (κ1) is 18.4. The van der Waals surface area contributed by atoms with Gasteiger partial charge in [-0.05, 0) is 24.0 Å². The molecule has 8 heteroatoms. The summed E-state index contributed by atoms with van der Waals surface area (Å²) < 4.78 is 26.0. The van der Waals surface area contributed by atoms with Gasteiger partial charge in [-0.25, -0.2) is 8.42 Å². The van der Waals surface area contributed by atoms with Gasteiger partial charge in [0, 0.05) is 13.6 Å². The molecular weight excluding hydrogens is 332 g/mol. The summed E-state index contributed by atoms with van der Waals surface area (Å²) in [4.78, 5) is 11.8. The molecule has 0 fully saturated rings. The van der Waals surface area contributed by atoms with Crippen molar-refractivity contribution in [3.05, 3.63) is 16.5 Å². The van der Waals surface area contributed by atoms with Crippen LogP contribution in [0.15, 0.2) is 16.3 Å². The molecule has 1 rings (SSSR count). The van der Waals surface area contributed by atoms with Crippen molar-refractivity contribution < 1.29 is 13.2 Å². The number of hydrogen-bond acceptors (Lipinski definition) is 4. The summed E-state index contributed by atoms with van der Waals surface area (Å²) in [5.74, 6) is -0.312. The van der Waals surface area contributed by atoms with Gasteiger partial charge in [-0.2, -0.15) is 4.31 Å². The van der Waals surface area contributed by atoms with E-state index in [2.05, 4.69) is 26.1 Å². The van der Waals surface area contributed by atoms with Gasteiger partial charge in [-0.3, -0.25) is 4.79 Å². The fourth-order valence-electron chi connectivity index (χ4n) is 1.51. The maximum Gasteiger partial charge on any atom is 0.252 e. The first-order chi connectivity index (χ1) is 9.52. The molecule has 0 aliphatic carbocycles. The molecule has 5 nitrogen and oxygen atoms in total. The van der Waals surface area contributed by atoms with Crippen LogP contribution in [0.25, 0.3) is 0 Å². The molecule has 1 N–H and O–H groups in total. The molecule has 0 atom stereocenters. The lowest BCUT2D eigenvalue weighted by Crippen LogP contribution is -2.39. The number of amides is 1.